The molecule has 2 aliphatic rings. The zero-order chi connectivity index (χ0) is 21.1. The summed E-state index contributed by atoms with van der Waals surface area (Å²) in [6.45, 7) is 2.95. The molecule has 0 spiro atoms. The second kappa shape index (κ2) is 8.69. The topological polar surface area (TPSA) is 113 Å². The number of carbonyl (C=O) groups excluding carboxylic acids is 3. The molecule has 2 amide bonds. The molecule has 8 nitrogen and oxygen atoms in total. The number of nitrogens with zero attached hydrogens (tertiary/aromatic N) is 1. The van der Waals surface area contributed by atoms with E-state index in [0.717, 1.165) is 5.56 Å². The second-order valence-corrected chi connectivity index (χ2v) is 7.91. The smallest absolute Gasteiger partial charge is 0.352 e. The second-order valence-electron chi connectivity index (χ2n) is 6.81. The van der Waals surface area contributed by atoms with E-state index in [9.17, 15) is 24.3 Å². The summed E-state index contributed by atoms with van der Waals surface area (Å²) in [6, 6.07) is 8.53. The number of aliphatic carboxylic acids is 1. The summed E-state index contributed by atoms with van der Waals surface area (Å²) in [5.41, 5.74) is 1.06. The van der Waals surface area contributed by atoms with Crippen molar-refractivity contribution in [2.24, 2.45) is 0 Å². The predicted octanol–water partition coefficient (Wildman–Crippen LogP) is 1.48. The van der Waals surface area contributed by atoms with E-state index in [1.54, 1.807) is 0 Å². The van der Waals surface area contributed by atoms with Crippen LogP contribution in [0.3, 0.4) is 0 Å². The van der Waals surface area contributed by atoms with E-state index in [4.69, 9.17) is 4.74 Å². The van der Waals surface area contributed by atoms with E-state index in [1.807, 2.05) is 37.3 Å². The van der Waals surface area contributed by atoms with Gasteiger partial charge in [0.05, 0.1) is 5.92 Å². The highest BCUT2D eigenvalue weighted by atomic mass is 32.2. The van der Waals surface area contributed by atoms with Crippen molar-refractivity contribution < 1.29 is 29.0 Å². The van der Waals surface area contributed by atoms with Crippen LogP contribution >= 0.6 is 11.8 Å². The Morgan fingerprint density at radius 1 is 1.31 bits per heavy atom. The number of hydrogen-bond acceptors (Lipinski definition) is 6. The van der Waals surface area contributed by atoms with Crippen LogP contribution in [0.1, 0.15) is 31.7 Å². The van der Waals surface area contributed by atoms with Crippen molar-refractivity contribution in [3.05, 3.63) is 47.2 Å². The number of thioether (sulfide) groups is 1. The van der Waals surface area contributed by atoms with E-state index in [0.29, 0.717) is 17.7 Å². The molecule has 2 aliphatic heterocycles. The summed E-state index contributed by atoms with van der Waals surface area (Å²) < 4.78 is 4.91. The van der Waals surface area contributed by atoms with Gasteiger partial charge in [0.2, 0.25) is 5.91 Å². The first-order valence-corrected chi connectivity index (χ1v) is 10.3. The number of carboxylic acids is 1. The minimum absolute atomic E-state index is 0.166. The Balaban J connectivity index is 1.74. The van der Waals surface area contributed by atoms with Gasteiger partial charge in [0, 0.05) is 18.2 Å². The van der Waals surface area contributed by atoms with Crippen molar-refractivity contribution in [2.45, 2.75) is 37.6 Å². The summed E-state index contributed by atoms with van der Waals surface area (Å²) in [7, 11) is 0. The van der Waals surface area contributed by atoms with Crippen LogP contribution in [0.4, 0.5) is 0 Å². The van der Waals surface area contributed by atoms with Crippen LogP contribution in [-0.4, -0.2) is 57.5 Å². The molecule has 1 saturated heterocycles. The average Bonchev–Trinajstić information content (AvgIpc) is 2.70. The summed E-state index contributed by atoms with van der Waals surface area (Å²) in [6.07, 6.45) is 0.574. The first-order valence-electron chi connectivity index (χ1n) is 9.23. The van der Waals surface area contributed by atoms with Gasteiger partial charge in [0.25, 0.3) is 5.91 Å². The molecule has 0 bridgehead atoms. The molecule has 1 aromatic carbocycles. The molecule has 0 radical (unpaired) electrons. The molecule has 0 aliphatic carbocycles. The lowest BCUT2D eigenvalue weighted by molar-refractivity contribution is -0.151. The summed E-state index contributed by atoms with van der Waals surface area (Å²) in [5, 5.41) is 11.9. The van der Waals surface area contributed by atoms with Crippen molar-refractivity contribution in [3.8, 4) is 0 Å². The van der Waals surface area contributed by atoms with E-state index >= 15 is 0 Å². The lowest BCUT2D eigenvalue weighted by Crippen LogP contribution is -2.71. The third kappa shape index (κ3) is 4.14. The Morgan fingerprint density at radius 2 is 2.00 bits per heavy atom. The molecule has 3 rings (SSSR count). The van der Waals surface area contributed by atoms with Gasteiger partial charge in [0.15, 0.2) is 0 Å². The quantitative estimate of drug-likeness (QED) is 0.509. The van der Waals surface area contributed by atoms with Gasteiger partial charge < -0.3 is 15.2 Å². The van der Waals surface area contributed by atoms with Crippen molar-refractivity contribution in [1.29, 1.82) is 0 Å². The van der Waals surface area contributed by atoms with Gasteiger partial charge in [-0.3, -0.25) is 19.3 Å². The molecule has 29 heavy (non-hydrogen) atoms. The van der Waals surface area contributed by atoms with Crippen molar-refractivity contribution in [1.82, 2.24) is 10.2 Å². The Labute approximate surface area is 172 Å². The maximum absolute atomic E-state index is 12.8. The van der Waals surface area contributed by atoms with E-state index in [2.05, 4.69) is 5.32 Å². The molecule has 0 saturated carbocycles. The van der Waals surface area contributed by atoms with Crippen LogP contribution in [0.2, 0.25) is 0 Å². The van der Waals surface area contributed by atoms with Crippen LogP contribution in [0.25, 0.3) is 0 Å². The molecule has 3 atom stereocenters. The van der Waals surface area contributed by atoms with Crippen LogP contribution < -0.4 is 5.32 Å². The van der Waals surface area contributed by atoms with Crippen molar-refractivity contribution in [2.75, 3.05) is 12.4 Å². The fourth-order valence-corrected chi connectivity index (χ4v) is 4.82. The summed E-state index contributed by atoms with van der Waals surface area (Å²) in [5.74, 6) is -2.61. The Kier molecular flexibility index (Phi) is 6.26. The van der Waals surface area contributed by atoms with Crippen LogP contribution in [0.5, 0.6) is 0 Å². The number of ether oxygens (including phenoxy) is 1. The average molecular weight is 418 g/mol. The minimum Gasteiger partial charge on any atom is -0.477 e. The number of fused-ring (bicyclic) bond motifs is 1. The highest BCUT2D eigenvalue weighted by Gasteiger charge is 2.54. The molecule has 9 heteroatoms. The first-order chi connectivity index (χ1) is 13.8. The standard InChI is InChI=1S/C20H22N2O6S/c1-3-14(12-7-5-4-6-8-12)17(24)21-15-18(25)22-16(20(26)27)13(9-28-11(2)23)10-29-19(15)22/h4-8,14-15,19H,3,9-10H2,1-2H3,(H,21,24)(H,26,27)/t14-,15-,19-/m0/s1. The van der Waals surface area contributed by atoms with Crippen molar-refractivity contribution >= 4 is 35.5 Å². The highest BCUT2D eigenvalue weighted by molar-refractivity contribution is 8.00. The van der Waals surface area contributed by atoms with Gasteiger partial charge in [0.1, 0.15) is 23.7 Å². The molecule has 154 valence electrons. The lowest BCUT2D eigenvalue weighted by atomic mass is 9.94. The van der Waals surface area contributed by atoms with Crippen LogP contribution in [0, 0.1) is 0 Å². The SMILES string of the molecule is CC[C@H](C(=O)N[C@H]1C(=O)N2C(C(=O)O)=C(COC(C)=O)CS[C@@H]12)c1ccccc1. The fourth-order valence-electron chi connectivity index (χ4n) is 3.49. The molecule has 1 fully saturated rings. The predicted molar refractivity (Wildman–Crippen MR) is 106 cm³/mol. The number of rotatable bonds is 7. The van der Waals surface area contributed by atoms with Gasteiger partial charge in [-0.2, -0.15) is 0 Å². The number of esters is 1. The van der Waals surface area contributed by atoms with Crippen LogP contribution in [-0.2, 0) is 23.9 Å². The molecule has 2 N–H and O–H groups in total. The third-order valence-electron chi connectivity index (χ3n) is 4.92. The van der Waals surface area contributed by atoms with E-state index in [-0.39, 0.29) is 24.1 Å². The number of carboxylic acid groups (broad SMARTS) is 1. The maximum atomic E-state index is 12.8. The summed E-state index contributed by atoms with van der Waals surface area (Å²) >= 11 is 1.34. The number of hydrogen-bond donors (Lipinski definition) is 2. The van der Waals surface area contributed by atoms with Gasteiger partial charge in [-0.05, 0) is 12.0 Å². The molecule has 0 unspecified atom stereocenters. The van der Waals surface area contributed by atoms with E-state index < -0.39 is 29.3 Å². The minimum atomic E-state index is -1.26. The first kappa shape index (κ1) is 20.9. The molecule has 0 aromatic heterocycles. The van der Waals surface area contributed by atoms with Crippen LogP contribution in [0.15, 0.2) is 41.6 Å². The zero-order valence-electron chi connectivity index (χ0n) is 16.1. The van der Waals surface area contributed by atoms with Crippen molar-refractivity contribution in [3.63, 3.8) is 0 Å². The Hall–Kier alpha value is -2.81. The lowest BCUT2D eigenvalue weighted by Gasteiger charge is -2.49. The highest BCUT2D eigenvalue weighted by Crippen LogP contribution is 2.40. The maximum Gasteiger partial charge on any atom is 0.352 e. The Bertz CT molecular complexity index is 869. The fraction of sp³-hybridized carbons (Fsp3) is 0.400. The largest absolute Gasteiger partial charge is 0.477 e. The van der Waals surface area contributed by atoms with Gasteiger partial charge in [-0.15, -0.1) is 11.8 Å². The number of nitrogens with one attached hydrogen (secondary N) is 1. The van der Waals surface area contributed by atoms with E-state index in [1.165, 1.54) is 23.6 Å². The number of benzene rings is 1. The zero-order valence-corrected chi connectivity index (χ0v) is 16.9. The third-order valence-corrected chi connectivity index (χ3v) is 6.26. The molecule has 2 heterocycles. The normalized spacial score (nSPS) is 21.7. The molecular weight excluding hydrogens is 396 g/mol. The molecular formula is C20H22N2O6S. The monoisotopic (exact) mass is 418 g/mol. The number of amides is 2. The molecule has 1 aromatic rings. The van der Waals surface area contributed by atoms with Gasteiger partial charge >= 0.3 is 11.9 Å². The van der Waals surface area contributed by atoms with Gasteiger partial charge in [-0.1, -0.05) is 37.3 Å². The number of β-lactam (4-membered cyclic amide) rings is 1. The van der Waals surface area contributed by atoms with Gasteiger partial charge in [-0.25, -0.2) is 4.79 Å². The Morgan fingerprint density at radius 3 is 2.59 bits per heavy atom. The summed E-state index contributed by atoms with van der Waals surface area (Å²) in [4.78, 5) is 49.4. The number of carbonyl (C=O) groups is 4.